The maximum Gasteiger partial charge on any atom is 0.0546 e. The minimum atomic E-state index is 1.11. The van der Waals surface area contributed by atoms with E-state index in [0.29, 0.717) is 0 Å². The second kappa shape index (κ2) is 11.6. The van der Waals surface area contributed by atoms with Crippen LogP contribution in [0.25, 0.3) is 54.9 Å². The van der Waals surface area contributed by atoms with Crippen molar-refractivity contribution in [3.05, 3.63) is 188 Å². The summed E-state index contributed by atoms with van der Waals surface area (Å²) in [6.07, 6.45) is 0. The molecule has 0 bridgehead atoms. The van der Waals surface area contributed by atoms with Gasteiger partial charge in [-0.3, -0.25) is 0 Å². The van der Waals surface area contributed by atoms with Gasteiger partial charge in [0.15, 0.2) is 0 Å². The molecule has 0 heterocycles. The van der Waals surface area contributed by atoms with Crippen LogP contribution in [0.2, 0.25) is 0 Å². The molecule has 0 fully saturated rings. The Morgan fingerprint density at radius 2 is 0.778 bits per heavy atom. The minimum absolute atomic E-state index is 1.11. The number of hydrogen-bond donors (Lipinski definition) is 0. The Labute approximate surface area is 264 Å². The Morgan fingerprint density at radius 1 is 0.311 bits per heavy atom. The third-order valence-corrected chi connectivity index (χ3v) is 8.63. The molecule has 8 aromatic carbocycles. The van der Waals surface area contributed by atoms with Crippen molar-refractivity contribution in [3.8, 4) is 33.4 Å². The largest absolute Gasteiger partial charge is 0.310 e. The second-order valence-corrected chi connectivity index (χ2v) is 11.4. The summed E-state index contributed by atoms with van der Waals surface area (Å²) in [7, 11) is 0. The highest BCUT2D eigenvalue weighted by atomic mass is 15.1. The van der Waals surface area contributed by atoms with E-state index in [1.165, 1.54) is 54.9 Å². The molecule has 8 rings (SSSR count). The third kappa shape index (κ3) is 5.05. The molecular weight excluding hydrogens is 542 g/mol. The number of rotatable bonds is 6. The Bertz CT molecular complexity index is 2170. The predicted molar refractivity (Wildman–Crippen MR) is 192 cm³/mol. The second-order valence-electron chi connectivity index (χ2n) is 11.4. The van der Waals surface area contributed by atoms with Gasteiger partial charge in [-0.25, -0.2) is 0 Å². The third-order valence-electron chi connectivity index (χ3n) is 8.63. The topological polar surface area (TPSA) is 3.24 Å². The SMILES string of the molecule is c1ccc(-c2cccc(N(c3cccc(-c4ccccc4)c3)c3cccc4cccc(-c5cccc6ccccc56)c34)c2)cc1. The van der Waals surface area contributed by atoms with E-state index in [1.54, 1.807) is 0 Å². The smallest absolute Gasteiger partial charge is 0.0546 e. The van der Waals surface area contributed by atoms with E-state index >= 15 is 0 Å². The molecule has 0 aliphatic carbocycles. The van der Waals surface area contributed by atoms with Crippen LogP contribution in [0.4, 0.5) is 17.1 Å². The lowest BCUT2D eigenvalue weighted by atomic mass is 9.92. The van der Waals surface area contributed by atoms with Crippen molar-refractivity contribution in [3.63, 3.8) is 0 Å². The van der Waals surface area contributed by atoms with Crippen LogP contribution in [-0.2, 0) is 0 Å². The van der Waals surface area contributed by atoms with Crippen molar-refractivity contribution in [2.45, 2.75) is 0 Å². The summed E-state index contributed by atoms with van der Waals surface area (Å²) in [5, 5.41) is 4.94. The standard InChI is InChI=1S/C44H31N/c1-3-14-32(15-4-1)36-22-9-24-38(30-36)45(39-25-10-23-37(31-39)33-16-5-2-6-17-33)43-29-13-21-35-20-12-28-42(44(35)43)41-27-11-19-34-18-7-8-26-40(34)41/h1-31H. The van der Waals surface area contributed by atoms with Crippen LogP contribution in [0, 0.1) is 0 Å². The van der Waals surface area contributed by atoms with Gasteiger partial charge in [0, 0.05) is 16.8 Å². The average Bonchev–Trinajstić information content (AvgIpc) is 3.12. The van der Waals surface area contributed by atoms with Gasteiger partial charge in [0.05, 0.1) is 5.69 Å². The zero-order chi connectivity index (χ0) is 30.0. The van der Waals surface area contributed by atoms with E-state index in [0.717, 1.165) is 17.1 Å². The van der Waals surface area contributed by atoms with Crippen LogP contribution in [0.3, 0.4) is 0 Å². The minimum Gasteiger partial charge on any atom is -0.310 e. The molecule has 0 aliphatic heterocycles. The number of hydrogen-bond acceptors (Lipinski definition) is 1. The molecule has 1 nitrogen and oxygen atoms in total. The van der Waals surface area contributed by atoms with Gasteiger partial charge in [-0.15, -0.1) is 0 Å². The van der Waals surface area contributed by atoms with Gasteiger partial charge in [-0.05, 0) is 79.9 Å². The molecule has 0 N–H and O–H groups in total. The number of anilines is 3. The quantitative estimate of drug-likeness (QED) is 0.191. The highest BCUT2D eigenvalue weighted by molar-refractivity contribution is 6.12. The van der Waals surface area contributed by atoms with Crippen LogP contribution in [-0.4, -0.2) is 0 Å². The Kier molecular flexibility index (Phi) is 6.90. The predicted octanol–water partition coefficient (Wildman–Crippen LogP) is 12.5. The summed E-state index contributed by atoms with van der Waals surface area (Å²) < 4.78 is 0. The molecule has 0 unspecified atom stereocenters. The number of fused-ring (bicyclic) bond motifs is 2. The van der Waals surface area contributed by atoms with E-state index in [4.69, 9.17) is 0 Å². The van der Waals surface area contributed by atoms with Gasteiger partial charge < -0.3 is 4.90 Å². The van der Waals surface area contributed by atoms with Gasteiger partial charge in [-0.2, -0.15) is 0 Å². The van der Waals surface area contributed by atoms with E-state index in [1.807, 2.05) is 0 Å². The molecular formula is C44H31N. The summed E-state index contributed by atoms with van der Waals surface area (Å²) in [4.78, 5) is 2.43. The monoisotopic (exact) mass is 573 g/mol. The lowest BCUT2D eigenvalue weighted by molar-refractivity contribution is 1.30. The fourth-order valence-electron chi connectivity index (χ4n) is 6.53. The molecule has 1 heteroatoms. The summed E-state index contributed by atoms with van der Waals surface area (Å²) in [5.74, 6) is 0. The fourth-order valence-corrected chi connectivity index (χ4v) is 6.53. The lowest BCUT2D eigenvalue weighted by Crippen LogP contribution is -2.11. The van der Waals surface area contributed by atoms with E-state index in [9.17, 15) is 0 Å². The van der Waals surface area contributed by atoms with Crippen LogP contribution < -0.4 is 4.90 Å². The number of benzene rings is 8. The highest BCUT2D eigenvalue weighted by Gasteiger charge is 2.19. The first-order valence-corrected chi connectivity index (χ1v) is 15.4. The van der Waals surface area contributed by atoms with E-state index in [2.05, 4.69) is 193 Å². The first-order chi connectivity index (χ1) is 22.3. The van der Waals surface area contributed by atoms with Crippen molar-refractivity contribution in [1.82, 2.24) is 0 Å². The van der Waals surface area contributed by atoms with Crippen molar-refractivity contribution < 1.29 is 0 Å². The summed E-state index contributed by atoms with van der Waals surface area (Å²) in [6.45, 7) is 0. The van der Waals surface area contributed by atoms with E-state index in [-0.39, 0.29) is 0 Å². The van der Waals surface area contributed by atoms with Crippen LogP contribution in [0.15, 0.2) is 188 Å². The van der Waals surface area contributed by atoms with Crippen LogP contribution >= 0.6 is 0 Å². The summed E-state index contributed by atoms with van der Waals surface area (Å²) >= 11 is 0. The van der Waals surface area contributed by atoms with Crippen LogP contribution in [0.5, 0.6) is 0 Å². The highest BCUT2D eigenvalue weighted by Crippen LogP contribution is 2.45. The molecule has 8 aromatic rings. The van der Waals surface area contributed by atoms with Gasteiger partial charge in [-0.1, -0.05) is 158 Å². The molecule has 0 aromatic heterocycles. The fraction of sp³-hybridized carbons (Fsp3) is 0. The van der Waals surface area contributed by atoms with Gasteiger partial charge in [0.2, 0.25) is 0 Å². The normalized spacial score (nSPS) is 11.1. The first kappa shape index (κ1) is 26.7. The van der Waals surface area contributed by atoms with Crippen molar-refractivity contribution in [2.75, 3.05) is 4.90 Å². The van der Waals surface area contributed by atoms with Crippen LogP contribution in [0.1, 0.15) is 0 Å². The molecule has 0 spiro atoms. The average molecular weight is 574 g/mol. The molecule has 0 aliphatic rings. The summed E-state index contributed by atoms with van der Waals surface area (Å²) in [5.41, 5.74) is 10.6. The maximum atomic E-state index is 2.43. The van der Waals surface area contributed by atoms with Gasteiger partial charge in [0.25, 0.3) is 0 Å². The zero-order valence-electron chi connectivity index (χ0n) is 24.8. The Balaban J connectivity index is 1.41. The molecule has 0 saturated heterocycles. The molecule has 0 radical (unpaired) electrons. The van der Waals surface area contributed by atoms with Gasteiger partial charge in [0.1, 0.15) is 0 Å². The Hall–Kier alpha value is -5.92. The number of nitrogens with zero attached hydrogens (tertiary/aromatic N) is 1. The van der Waals surface area contributed by atoms with Gasteiger partial charge >= 0.3 is 0 Å². The van der Waals surface area contributed by atoms with Crippen molar-refractivity contribution in [1.29, 1.82) is 0 Å². The van der Waals surface area contributed by atoms with Crippen molar-refractivity contribution >= 4 is 38.6 Å². The maximum absolute atomic E-state index is 2.43. The zero-order valence-corrected chi connectivity index (χ0v) is 24.8. The molecule has 0 atom stereocenters. The molecule has 212 valence electrons. The molecule has 45 heavy (non-hydrogen) atoms. The molecule has 0 amide bonds. The lowest BCUT2D eigenvalue weighted by Gasteiger charge is -2.29. The first-order valence-electron chi connectivity index (χ1n) is 15.4. The van der Waals surface area contributed by atoms with Crippen molar-refractivity contribution in [2.24, 2.45) is 0 Å². The molecule has 0 saturated carbocycles. The summed E-state index contributed by atoms with van der Waals surface area (Å²) in [6, 6.07) is 67.7. The Morgan fingerprint density at radius 3 is 1.42 bits per heavy atom. The van der Waals surface area contributed by atoms with E-state index < -0.39 is 0 Å².